The minimum absolute atomic E-state index is 0.131. The lowest BCUT2D eigenvalue weighted by Gasteiger charge is -2.31. The van der Waals surface area contributed by atoms with Crippen LogP contribution in [0.25, 0.3) is 54.2 Å². The first-order valence-electron chi connectivity index (χ1n) is 40.9. The lowest BCUT2D eigenvalue weighted by Crippen LogP contribution is -2.22. The molecule has 6 fully saturated rings. The number of aryl methyl sites for hydroxylation is 12. The van der Waals surface area contributed by atoms with Gasteiger partial charge in [0, 0.05) is 10.8 Å². The number of fused-ring (bicyclic) bond motifs is 4. The lowest BCUT2D eigenvalue weighted by atomic mass is 9.74. The molecule has 590 valence electrons. The zero-order valence-corrected chi connectivity index (χ0v) is 69.4. The van der Waals surface area contributed by atoms with Crippen LogP contribution in [0.1, 0.15) is 139 Å². The Kier molecular flexibility index (Phi) is 22.3. The van der Waals surface area contributed by atoms with Gasteiger partial charge in [-0.2, -0.15) is 0 Å². The van der Waals surface area contributed by atoms with Gasteiger partial charge in [0.25, 0.3) is 0 Å². The molecule has 6 aliphatic rings. The Bertz CT molecular complexity index is 5120. The smallest absolute Gasteiger partial charge is 0.125 e. The van der Waals surface area contributed by atoms with Crippen molar-refractivity contribution in [2.75, 3.05) is 79.3 Å². The summed E-state index contributed by atoms with van der Waals surface area (Å²) >= 11 is 0. The maximum atomic E-state index is 6.12. The van der Waals surface area contributed by atoms with E-state index in [1.54, 1.807) is 0 Å². The largest absolute Gasteiger partial charge is 0.490 e. The Morgan fingerprint density at radius 2 is 0.500 bits per heavy atom. The molecule has 0 bridgehead atoms. The minimum Gasteiger partial charge on any atom is -0.490 e. The third-order valence-electron chi connectivity index (χ3n) is 23.9. The van der Waals surface area contributed by atoms with Crippen molar-refractivity contribution in [3.05, 3.63) is 281 Å². The predicted octanol–water partition coefficient (Wildman–Crippen LogP) is 21.5. The molecule has 6 aliphatic heterocycles. The van der Waals surface area contributed by atoms with Gasteiger partial charge in [-0.25, -0.2) is 0 Å². The van der Waals surface area contributed by atoms with Crippen molar-refractivity contribution in [1.82, 2.24) is 0 Å². The summed E-state index contributed by atoms with van der Waals surface area (Å²) in [4.78, 5) is 0. The van der Waals surface area contributed by atoms with E-state index in [4.69, 9.17) is 56.8 Å². The van der Waals surface area contributed by atoms with E-state index in [-0.39, 0.29) is 47.5 Å². The van der Waals surface area contributed by atoms with Gasteiger partial charge in [-0.15, -0.1) is 0 Å². The Hall–Kier alpha value is -9.76. The van der Waals surface area contributed by atoms with Crippen LogP contribution in [0.5, 0.6) is 34.5 Å². The van der Waals surface area contributed by atoms with Crippen molar-refractivity contribution in [3.63, 3.8) is 0 Å². The maximum Gasteiger partial charge on any atom is 0.125 e. The highest BCUT2D eigenvalue weighted by molar-refractivity contribution is 6.06. The first-order chi connectivity index (χ1) is 54.9. The second-order valence-corrected chi connectivity index (χ2v) is 34.0. The van der Waals surface area contributed by atoms with Crippen molar-refractivity contribution in [3.8, 4) is 45.6 Å². The molecule has 0 saturated carbocycles. The van der Waals surface area contributed by atoms with Crippen molar-refractivity contribution >= 4 is 43.1 Å². The van der Waals surface area contributed by atoms with Crippen LogP contribution in [-0.2, 0) is 52.1 Å². The highest BCUT2D eigenvalue weighted by Gasteiger charge is 2.33. The highest BCUT2D eigenvalue weighted by Crippen LogP contribution is 2.44. The first kappa shape index (κ1) is 78.1. The Morgan fingerprint density at radius 1 is 0.263 bits per heavy atom. The summed E-state index contributed by atoms with van der Waals surface area (Å²) < 4.78 is 68.5. The average molecular weight is 1530 g/mol. The van der Waals surface area contributed by atoms with Gasteiger partial charge in [0.1, 0.15) is 111 Å². The molecule has 114 heavy (non-hydrogen) atoms. The van der Waals surface area contributed by atoms with Crippen LogP contribution < -0.4 is 28.4 Å². The Morgan fingerprint density at radius 3 is 0.754 bits per heavy atom. The number of benzene rings is 12. The van der Waals surface area contributed by atoms with E-state index in [1.165, 1.54) is 154 Å². The fourth-order valence-corrected chi connectivity index (χ4v) is 16.9. The molecule has 12 aromatic carbocycles. The van der Waals surface area contributed by atoms with Crippen molar-refractivity contribution in [2.24, 2.45) is 0 Å². The molecule has 12 heteroatoms. The molecule has 0 N–H and O–H groups in total. The number of hydrogen-bond acceptors (Lipinski definition) is 12. The predicted molar refractivity (Wildman–Crippen MR) is 459 cm³/mol. The van der Waals surface area contributed by atoms with Gasteiger partial charge in [0.15, 0.2) is 0 Å². The Balaban J connectivity index is 0.000000130. The van der Waals surface area contributed by atoms with Gasteiger partial charge in [0.05, 0.1) is 39.6 Å². The fraction of sp³-hybridized carbons (Fsp3) is 0.373. The molecule has 18 rings (SSSR count). The van der Waals surface area contributed by atoms with Crippen LogP contribution in [0.3, 0.4) is 0 Å². The van der Waals surface area contributed by atoms with Crippen LogP contribution in [-0.4, -0.2) is 116 Å². The van der Waals surface area contributed by atoms with E-state index in [0.29, 0.717) is 39.6 Å². The quantitative estimate of drug-likeness (QED) is 0.0359. The molecule has 12 aromatic rings. The standard InChI is InChI=1S/C38H38O4.C34H42O4.C30H30O4/c1-23-13-27(14-24(2)37(23)41-21-29-19-39-29)17-35-31-9-5-7-11-33(31)36(34-12-8-6-10-32(34)35)18-28-15-25(3)38(26(4)16-28)42-22-30-20-40-30;1-21-13-27(14-22(2)31(21)37-19-29-17-35-29)33(5,6)25-9-11-26(12-10-25)34(7,8)28-15-23(3)32(24(4)16-28)38-20-30-18-36-30;1-17-9-23-11-21(5-7-27(23)19(3)29(17)33-15-25-13-31-25)22-6-8-28-20(4)30(34-16-26-14-32-26)18(2)10-24(28)12-22/h5-16,29-30H,17-22H2,1-4H3;9-16,29-30H,17-20H2,1-8H3;5-12,25-26H,13-16H2,1-4H3. The zero-order valence-electron chi connectivity index (χ0n) is 69.4. The van der Waals surface area contributed by atoms with E-state index < -0.39 is 0 Å². The number of ether oxygens (including phenoxy) is 12. The molecule has 0 amide bonds. The molecule has 12 nitrogen and oxygen atoms in total. The number of hydrogen-bond donors (Lipinski definition) is 0. The van der Waals surface area contributed by atoms with Crippen LogP contribution in [0.2, 0.25) is 0 Å². The molecule has 0 radical (unpaired) electrons. The van der Waals surface area contributed by atoms with E-state index in [2.05, 4.69) is 281 Å². The fourth-order valence-electron chi connectivity index (χ4n) is 16.9. The summed E-state index contributed by atoms with van der Waals surface area (Å²) in [5.74, 6) is 5.92. The summed E-state index contributed by atoms with van der Waals surface area (Å²) in [5.41, 5.74) is 26.9. The SMILES string of the molecule is Cc1cc(C(C)(C)c2ccc(C(C)(C)c3cc(C)c(OCC4CO4)c(C)c3)cc2)cc(C)c1OCC1CO1.Cc1cc(Cc2c3ccccc3c(Cc3cc(C)c(OCC4CO4)c(C)c3)c3ccccc23)cc(C)c1OCC1CO1.Cc1cc2cc(-c3ccc4c(C)c(OCC5CO5)c(C)cc4c3)ccc2c(C)c1OCC1CO1. The van der Waals surface area contributed by atoms with Gasteiger partial charge in [-0.1, -0.05) is 173 Å². The van der Waals surface area contributed by atoms with Crippen molar-refractivity contribution in [1.29, 1.82) is 0 Å². The topological polar surface area (TPSA) is 131 Å². The summed E-state index contributed by atoms with van der Waals surface area (Å²) in [6, 6.07) is 63.2. The van der Waals surface area contributed by atoms with Crippen molar-refractivity contribution < 1.29 is 56.8 Å². The molecule has 6 unspecified atom stereocenters. The Labute approximate surface area is 673 Å². The van der Waals surface area contributed by atoms with Gasteiger partial charge in [-0.3, -0.25) is 0 Å². The average Bonchev–Trinajstić information content (AvgIpc) is 1.39. The maximum absolute atomic E-state index is 6.12. The zero-order chi connectivity index (χ0) is 79.4. The van der Waals surface area contributed by atoms with Crippen LogP contribution in [0.4, 0.5) is 0 Å². The lowest BCUT2D eigenvalue weighted by molar-refractivity contribution is 0.260. The minimum atomic E-state index is -0.131. The molecule has 0 spiro atoms. The van der Waals surface area contributed by atoms with Crippen LogP contribution >= 0.6 is 0 Å². The van der Waals surface area contributed by atoms with Gasteiger partial charge in [-0.05, 0) is 286 Å². The van der Waals surface area contributed by atoms with Crippen LogP contribution in [0, 0.1) is 83.1 Å². The molecule has 0 aliphatic carbocycles. The van der Waals surface area contributed by atoms with E-state index in [0.717, 1.165) is 98.1 Å². The van der Waals surface area contributed by atoms with E-state index >= 15 is 0 Å². The van der Waals surface area contributed by atoms with E-state index in [9.17, 15) is 0 Å². The highest BCUT2D eigenvalue weighted by atomic mass is 16.6. The van der Waals surface area contributed by atoms with Gasteiger partial charge in [0.2, 0.25) is 0 Å². The van der Waals surface area contributed by atoms with E-state index in [1.807, 2.05) is 0 Å². The van der Waals surface area contributed by atoms with Gasteiger partial charge < -0.3 is 56.8 Å². The van der Waals surface area contributed by atoms with Gasteiger partial charge >= 0.3 is 0 Å². The molecular weight excluding hydrogens is 1420 g/mol. The molecule has 6 atom stereocenters. The summed E-state index contributed by atoms with van der Waals surface area (Å²) in [5, 5.41) is 10.2. The summed E-state index contributed by atoms with van der Waals surface area (Å²) in [7, 11) is 0. The van der Waals surface area contributed by atoms with Crippen LogP contribution in [0.15, 0.2) is 170 Å². The first-order valence-corrected chi connectivity index (χ1v) is 40.9. The number of rotatable bonds is 27. The second-order valence-electron chi connectivity index (χ2n) is 34.0. The molecule has 6 saturated heterocycles. The summed E-state index contributed by atoms with van der Waals surface area (Å²) in [6.07, 6.45) is 3.26. The monoisotopic (exact) mass is 1530 g/mol. The third kappa shape index (κ3) is 17.6. The normalized spacial score (nSPS) is 18.4. The molecule has 0 aromatic heterocycles. The summed E-state index contributed by atoms with van der Waals surface area (Å²) in [6.45, 7) is 43.5. The molecular formula is C102H110O12. The third-order valence-corrected chi connectivity index (χ3v) is 23.9. The van der Waals surface area contributed by atoms with Crippen molar-refractivity contribution in [2.45, 2.75) is 171 Å². The molecule has 6 heterocycles. The number of epoxide rings is 6. The second kappa shape index (κ2) is 32.5.